The van der Waals surface area contributed by atoms with Crippen LogP contribution in [0.2, 0.25) is 25.7 Å². The fourth-order valence-electron chi connectivity index (χ4n) is 3.32. The SMILES string of the molecule is CN(C)C(=O)[C@H]1CC[C@H]2[C@@H](C1)NS(=O)(=O)N2C(=O)OCC[Si](C)(C)C. The molecule has 10 heteroatoms. The summed E-state index contributed by atoms with van der Waals surface area (Å²) in [6.07, 6.45) is 0.619. The Balaban J connectivity index is 2.04. The number of rotatable bonds is 4. The predicted octanol–water partition coefficient (Wildman–Crippen LogP) is 1.24. The first-order valence-corrected chi connectivity index (χ1v) is 13.8. The maximum atomic E-state index is 12.4. The lowest BCUT2D eigenvalue weighted by Gasteiger charge is -2.33. The zero-order valence-corrected chi connectivity index (χ0v) is 17.4. The first-order chi connectivity index (χ1) is 11.4. The normalized spacial score (nSPS) is 28.4. The van der Waals surface area contributed by atoms with E-state index in [1.807, 2.05) is 0 Å². The molecule has 1 N–H and O–H groups in total. The van der Waals surface area contributed by atoms with Gasteiger partial charge in [0.25, 0.3) is 0 Å². The second-order valence-electron chi connectivity index (χ2n) is 8.26. The maximum absolute atomic E-state index is 12.4. The number of carbonyl (C=O) groups is 2. The number of carbonyl (C=O) groups excluding carboxylic acids is 2. The average Bonchev–Trinajstić information content (AvgIpc) is 2.73. The molecule has 8 nitrogen and oxygen atoms in total. The Morgan fingerprint density at radius 2 is 1.88 bits per heavy atom. The number of hydrogen-bond donors (Lipinski definition) is 1. The summed E-state index contributed by atoms with van der Waals surface area (Å²) in [6, 6.07) is -0.124. The smallest absolute Gasteiger partial charge is 0.424 e. The lowest BCUT2D eigenvalue weighted by atomic mass is 9.82. The largest absolute Gasteiger partial charge is 0.449 e. The third-order valence-electron chi connectivity index (χ3n) is 4.72. The highest BCUT2D eigenvalue weighted by Crippen LogP contribution is 2.35. The molecule has 2 fully saturated rings. The second kappa shape index (κ2) is 7.24. The number of fused-ring (bicyclic) bond motifs is 1. The minimum atomic E-state index is -3.91. The van der Waals surface area contributed by atoms with Gasteiger partial charge >= 0.3 is 16.3 Å². The lowest BCUT2D eigenvalue weighted by Crippen LogP contribution is -2.46. The molecule has 2 amide bonds. The highest BCUT2D eigenvalue weighted by atomic mass is 32.2. The molecule has 0 aromatic heterocycles. The molecular weight excluding hydrogens is 362 g/mol. The Kier molecular flexibility index (Phi) is 5.84. The summed E-state index contributed by atoms with van der Waals surface area (Å²) in [4.78, 5) is 26.0. The molecular formula is C15H29N3O5SSi. The third-order valence-corrected chi connectivity index (χ3v) is 7.96. The van der Waals surface area contributed by atoms with Crippen LogP contribution >= 0.6 is 0 Å². The van der Waals surface area contributed by atoms with E-state index in [1.54, 1.807) is 14.1 Å². The molecule has 1 saturated heterocycles. The molecule has 1 heterocycles. The molecule has 144 valence electrons. The molecule has 1 aliphatic carbocycles. The zero-order valence-electron chi connectivity index (χ0n) is 15.6. The van der Waals surface area contributed by atoms with Crippen LogP contribution in [0.1, 0.15) is 19.3 Å². The Hall–Kier alpha value is -1.13. The van der Waals surface area contributed by atoms with Crippen molar-refractivity contribution in [3.63, 3.8) is 0 Å². The fraction of sp³-hybridized carbons (Fsp3) is 0.867. The molecule has 2 aliphatic rings. The second-order valence-corrected chi connectivity index (χ2v) is 15.5. The van der Waals surface area contributed by atoms with Gasteiger partial charge in [-0.3, -0.25) is 4.79 Å². The minimum absolute atomic E-state index is 0.00573. The summed E-state index contributed by atoms with van der Waals surface area (Å²) in [5.74, 6) is -0.226. The van der Waals surface area contributed by atoms with Gasteiger partial charge in [-0.1, -0.05) is 19.6 Å². The summed E-state index contributed by atoms with van der Waals surface area (Å²) >= 11 is 0. The van der Waals surface area contributed by atoms with Gasteiger partial charge in [-0.15, -0.1) is 0 Å². The van der Waals surface area contributed by atoms with Gasteiger partial charge < -0.3 is 9.64 Å². The summed E-state index contributed by atoms with van der Waals surface area (Å²) in [5.41, 5.74) is 0. The van der Waals surface area contributed by atoms with Crippen LogP contribution in [0.15, 0.2) is 0 Å². The van der Waals surface area contributed by atoms with Gasteiger partial charge in [0.1, 0.15) is 0 Å². The zero-order chi connectivity index (χ0) is 19.0. The maximum Gasteiger partial charge on any atom is 0.424 e. The van der Waals surface area contributed by atoms with Crippen LogP contribution in [0, 0.1) is 5.92 Å². The first-order valence-electron chi connectivity index (χ1n) is 8.62. The van der Waals surface area contributed by atoms with Crippen LogP contribution in [0.3, 0.4) is 0 Å². The highest BCUT2D eigenvalue weighted by molar-refractivity contribution is 7.88. The van der Waals surface area contributed by atoms with Crippen molar-refractivity contribution in [1.29, 1.82) is 0 Å². The average molecular weight is 392 g/mol. The van der Waals surface area contributed by atoms with E-state index in [-0.39, 0.29) is 18.4 Å². The number of amides is 2. The Morgan fingerprint density at radius 3 is 2.44 bits per heavy atom. The van der Waals surface area contributed by atoms with Gasteiger partial charge in [0.05, 0.1) is 12.6 Å². The monoisotopic (exact) mass is 391 g/mol. The lowest BCUT2D eigenvalue weighted by molar-refractivity contribution is -0.134. The van der Waals surface area contributed by atoms with E-state index in [9.17, 15) is 18.0 Å². The van der Waals surface area contributed by atoms with E-state index in [0.29, 0.717) is 19.3 Å². The van der Waals surface area contributed by atoms with Crippen molar-refractivity contribution < 1.29 is 22.7 Å². The van der Waals surface area contributed by atoms with Crippen molar-refractivity contribution in [1.82, 2.24) is 13.9 Å². The molecule has 25 heavy (non-hydrogen) atoms. The number of nitrogens with one attached hydrogen (secondary N) is 1. The minimum Gasteiger partial charge on any atom is -0.449 e. The van der Waals surface area contributed by atoms with E-state index in [1.165, 1.54) is 4.90 Å². The molecule has 0 radical (unpaired) electrons. The Bertz CT molecular complexity index is 632. The van der Waals surface area contributed by atoms with Crippen molar-refractivity contribution in [2.75, 3.05) is 20.7 Å². The fourth-order valence-corrected chi connectivity index (χ4v) is 5.64. The van der Waals surface area contributed by atoms with Crippen molar-refractivity contribution >= 4 is 30.3 Å². The Labute approximate surface area is 151 Å². The summed E-state index contributed by atoms with van der Waals surface area (Å²) in [5, 5.41) is 0. The molecule has 0 aromatic rings. The van der Waals surface area contributed by atoms with E-state index >= 15 is 0 Å². The highest BCUT2D eigenvalue weighted by Gasteiger charge is 2.51. The number of nitrogens with zero attached hydrogens (tertiary/aromatic N) is 2. The van der Waals surface area contributed by atoms with Crippen LogP contribution < -0.4 is 4.72 Å². The summed E-state index contributed by atoms with van der Waals surface area (Å²) in [6.45, 7) is 6.72. The van der Waals surface area contributed by atoms with Crippen LogP contribution in [0.5, 0.6) is 0 Å². The van der Waals surface area contributed by atoms with Gasteiger partial charge in [-0.2, -0.15) is 17.4 Å². The standard InChI is InChI=1S/C15H29N3O5SSi/c1-17(2)14(19)11-6-7-13-12(10-11)16-24(21,22)18(13)15(20)23-8-9-25(3,4)5/h11-13,16H,6-10H2,1-5H3/t11-,12+,13-/m0/s1. The molecule has 0 spiro atoms. The van der Waals surface area contributed by atoms with E-state index in [2.05, 4.69) is 24.4 Å². The van der Waals surface area contributed by atoms with Crippen LogP contribution in [-0.2, 0) is 19.7 Å². The summed E-state index contributed by atoms with van der Waals surface area (Å²) in [7, 11) is -1.90. The third kappa shape index (κ3) is 4.73. The van der Waals surface area contributed by atoms with Gasteiger partial charge in [0.15, 0.2) is 0 Å². The van der Waals surface area contributed by atoms with Gasteiger partial charge in [0.2, 0.25) is 5.91 Å². The van der Waals surface area contributed by atoms with E-state index in [0.717, 1.165) is 10.3 Å². The topological polar surface area (TPSA) is 96.0 Å². The first kappa shape index (κ1) is 20.2. The molecule has 1 aliphatic heterocycles. The summed E-state index contributed by atoms with van der Waals surface area (Å²) < 4.78 is 33.3. The van der Waals surface area contributed by atoms with E-state index < -0.39 is 36.5 Å². The molecule has 3 atom stereocenters. The number of hydrogen-bond acceptors (Lipinski definition) is 5. The Morgan fingerprint density at radius 1 is 1.24 bits per heavy atom. The van der Waals surface area contributed by atoms with Crippen molar-refractivity contribution in [2.24, 2.45) is 5.92 Å². The molecule has 0 bridgehead atoms. The van der Waals surface area contributed by atoms with E-state index in [4.69, 9.17) is 4.74 Å². The molecule has 0 unspecified atom stereocenters. The quantitative estimate of drug-likeness (QED) is 0.727. The van der Waals surface area contributed by atoms with Crippen LogP contribution in [0.4, 0.5) is 4.79 Å². The van der Waals surface area contributed by atoms with Crippen molar-refractivity contribution in [3.05, 3.63) is 0 Å². The number of ether oxygens (including phenoxy) is 1. The molecule has 2 rings (SSSR count). The van der Waals surface area contributed by atoms with Gasteiger partial charge in [-0.25, -0.2) is 4.79 Å². The van der Waals surface area contributed by atoms with Crippen LogP contribution in [-0.4, -0.2) is 70.5 Å². The molecule has 1 saturated carbocycles. The molecule has 0 aromatic carbocycles. The van der Waals surface area contributed by atoms with Crippen molar-refractivity contribution in [2.45, 2.75) is 57.0 Å². The van der Waals surface area contributed by atoms with Gasteiger partial charge in [-0.05, 0) is 25.3 Å². The van der Waals surface area contributed by atoms with Crippen LogP contribution in [0.25, 0.3) is 0 Å². The van der Waals surface area contributed by atoms with Crippen molar-refractivity contribution in [3.8, 4) is 0 Å². The predicted molar refractivity (Wildman–Crippen MR) is 97.0 cm³/mol. The van der Waals surface area contributed by atoms with Gasteiger partial charge in [0, 0.05) is 34.1 Å².